The van der Waals surface area contributed by atoms with Crippen LogP contribution in [-0.2, 0) is 0 Å². The van der Waals surface area contributed by atoms with Gasteiger partial charge in [-0.15, -0.1) is 0 Å². The second-order valence-corrected chi connectivity index (χ2v) is 6.41. The standard InChI is InChI=1S/C18H20BrFN2O2/c1-22(2)16(13-6-4-5-7-17(13)24-3)11-21-18(23)14-10-12(20)8-9-15(14)19/h4-10,16H,11H2,1-3H3,(H,21,23). The zero-order valence-corrected chi connectivity index (χ0v) is 15.4. The molecule has 1 unspecified atom stereocenters. The molecule has 0 saturated heterocycles. The first-order valence-electron chi connectivity index (χ1n) is 7.46. The Kier molecular flexibility index (Phi) is 6.34. The molecule has 4 nitrogen and oxygen atoms in total. The number of ether oxygens (including phenoxy) is 1. The van der Waals surface area contributed by atoms with Crippen molar-refractivity contribution in [1.82, 2.24) is 10.2 Å². The van der Waals surface area contributed by atoms with Crippen molar-refractivity contribution in [1.29, 1.82) is 0 Å². The Hall–Kier alpha value is -1.92. The van der Waals surface area contributed by atoms with E-state index in [2.05, 4.69) is 21.2 Å². The molecule has 0 saturated carbocycles. The fourth-order valence-corrected chi connectivity index (χ4v) is 2.90. The predicted octanol–water partition coefficient (Wildman–Crippen LogP) is 3.63. The largest absolute Gasteiger partial charge is 0.496 e. The molecular formula is C18H20BrFN2O2. The van der Waals surface area contributed by atoms with Gasteiger partial charge in [0.05, 0.1) is 18.7 Å². The predicted molar refractivity (Wildman–Crippen MR) is 95.9 cm³/mol. The summed E-state index contributed by atoms with van der Waals surface area (Å²) in [6, 6.07) is 11.7. The van der Waals surface area contributed by atoms with Crippen molar-refractivity contribution >= 4 is 21.8 Å². The number of rotatable bonds is 6. The zero-order valence-electron chi connectivity index (χ0n) is 13.8. The number of hydrogen-bond donors (Lipinski definition) is 1. The molecule has 2 aromatic rings. The van der Waals surface area contributed by atoms with E-state index in [0.717, 1.165) is 11.3 Å². The summed E-state index contributed by atoms with van der Waals surface area (Å²) in [7, 11) is 5.48. The van der Waals surface area contributed by atoms with E-state index in [1.54, 1.807) is 7.11 Å². The average molecular weight is 395 g/mol. The van der Waals surface area contributed by atoms with E-state index in [-0.39, 0.29) is 17.5 Å². The van der Waals surface area contributed by atoms with Gasteiger partial charge in [-0.2, -0.15) is 0 Å². The number of methoxy groups -OCH3 is 1. The maximum absolute atomic E-state index is 13.4. The summed E-state index contributed by atoms with van der Waals surface area (Å²) in [4.78, 5) is 14.4. The first-order valence-corrected chi connectivity index (χ1v) is 8.26. The number of likely N-dealkylation sites (N-methyl/N-ethyl adjacent to an activating group) is 1. The van der Waals surface area contributed by atoms with Crippen LogP contribution in [0.1, 0.15) is 22.0 Å². The molecule has 6 heteroatoms. The number of para-hydroxylation sites is 1. The molecule has 24 heavy (non-hydrogen) atoms. The van der Waals surface area contributed by atoms with Crippen LogP contribution in [0.2, 0.25) is 0 Å². The van der Waals surface area contributed by atoms with Crippen LogP contribution >= 0.6 is 15.9 Å². The van der Waals surface area contributed by atoms with Crippen LogP contribution < -0.4 is 10.1 Å². The number of nitrogens with zero attached hydrogens (tertiary/aromatic N) is 1. The SMILES string of the molecule is COc1ccccc1C(CNC(=O)c1cc(F)ccc1Br)N(C)C. The number of amides is 1. The van der Waals surface area contributed by atoms with Crippen LogP contribution in [0.4, 0.5) is 4.39 Å². The number of hydrogen-bond acceptors (Lipinski definition) is 3. The highest BCUT2D eigenvalue weighted by Crippen LogP contribution is 2.27. The second kappa shape index (κ2) is 8.26. The van der Waals surface area contributed by atoms with Gasteiger partial charge in [-0.1, -0.05) is 18.2 Å². The molecule has 1 N–H and O–H groups in total. The molecule has 2 rings (SSSR count). The van der Waals surface area contributed by atoms with E-state index in [1.165, 1.54) is 18.2 Å². The molecular weight excluding hydrogens is 375 g/mol. The van der Waals surface area contributed by atoms with E-state index in [0.29, 0.717) is 11.0 Å². The molecule has 1 atom stereocenters. The van der Waals surface area contributed by atoms with Gasteiger partial charge in [0.15, 0.2) is 0 Å². The lowest BCUT2D eigenvalue weighted by Crippen LogP contribution is -2.35. The normalized spacial score (nSPS) is 12.1. The maximum atomic E-state index is 13.4. The second-order valence-electron chi connectivity index (χ2n) is 5.56. The molecule has 0 spiro atoms. The van der Waals surface area contributed by atoms with E-state index in [4.69, 9.17) is 4.74 Å². The van der Waals surface area contributed by atoms with Crippen molar-refractivity contribution in [3.8, 4) is 5.75 Å². The Bertz CT molecular complexity index is 722. The van der Waals surface area contributed by atoms with Crippen molar-refractivity contribution < 1.29 is 13.9 Å². The van der Waals surface area contributed by atoms with Gasteiger partial charge in [0.1, 0.15) is 11.6 Å². The van der Waals surface area contributed by atoms with Gasteiger partial charge < -0.3 is 15.0 Å². The summed E-state index contributed by atoms with van der Waals surface area (Å²) < 4.78 is 19.3. The summed E-state index contributed by atoms with van der Waals surface area (Å²) in [5, 5.41) is 2.87. The average Bonchev–Trinajstić information content (AvgIpc) is 2.57. The quantitative estimate of drug-likeness (QED) is 0.813. The minimum Gasteiger partial charge on any atom is -0.496 e. The number of carbonyl (C=O) groups excluding carboxylic acids is 1. The Morgan fingerprint density at radius 3 is 2.67 bits per heavy atom. The third-order valence-electron chi connectivity index (χ3n) is 3.75. The van der Waals surface area contributed by atoms with Gasteiger partial charge in [-0.25, -0.2) is 4.39 Å². The highest BCUT2D eigenvalue weighted by Gasteiger charge is 2.20. The fraction of sp³-hybridized carbons (Fsp3) is 0.278. The Labute approximate surface area is 149 Å². The lowest BCUT2D eigenvalue weighted by Gasteiger charge is -2.26. The molecule has 2 aromatic carbocycles. The fourth-order valence-electron chi connectivity index (χ4n) is 2.47. The van der Waals surface area contributed by atoms with Crippen molar-refractivity contribution in [3.63, 3.8) is 0 Å². The molecule has 0 fully saturated rings. The zero-order chi connectivity index (χ0) is 17.7. The Morgan fingerprint density at radius 2 is 2.00 bits per heavy atom. The molecule has 128 valence electrons. The summed E-state index contributed by atoms with van der Waals surface area (Å²) in [6.07, 6.45) is 0. The van der Waals surface area contributed by atoms with Crippen LogP contribution in [-0.4, -0.2) is 38.6 Å². The van der Waals surface area contributed by atoms with Crippen LogP contribution in [0.25, 0.3) is 0 Å². The number of halogens is 2. The number of nitrogens with one attached hydrogen (secondary N) is 1. The molecule has 0 heterocycles. The van der Waals surface area contributed by atoms with Crippen LogP contribution in [0.5, 0.6) is 5.75 Å². The lowest BCUT2D eigenvalue weighted by atomic mass is 10.0. The topological polar surface area (TPSA) is 41.6 Å². The van der Waals surface area contributed by atoms with Crippen LogP contribution in [0.15, 0.2) is 46.9 Å². The van der Waals surface area contributed by atoms with Crippen molar-refractivity contribution in [2.45, 2.75) is 6.04 Å². The lowest BCUT2D eigenvalue weighted by molar-refractivity contribution is 0.0940. The minimum absolute atomic E-state index is 0.0718. The van der Waals surface area contributed by atoms with Gasteiger partial charge >= 0.3 is 0 Å². The van der Waals surface area contributed by atoms with Crippen LogP contribution in [0.3, 0.4) is 0 Å². The van der Waals surface area contributed by atoms with E-state index in [9.17, 15) is 9.18 Å². The van der Waals surface area contributed by atoms with Gasteiger partial charge in [-0.05, 0) is 54.3 Å². The summed E-state index contributed by atoms with van der Waals surface area (Å²) >= 11 is 3.28. The van der Waals surface area contributed by atoms with Gasteiger partial charge in [0.25, 0.3) is 5.91 Å². The number of carbonyl (C=O) groups is 1. The maximum Gasteiger partial charge on any atom is 0.252 e. The molecule has 0 aliphatic rings. The Balaban J connectivity index is 2.17. The van der Waals surface area contributed by atoms with Crippen molar-refractivity contribution in [3.05, 3.63) is 63.9 Å². The Morgan fingerprint density at radius 1 is 1.29 bits per heavy atom. The highest BCUT2D eigenvalue weighted by atomic mass is 79.9. The number of benzene rings is 2. The third-order valence-corrected chi connectivity index (χ3v) is 4.44. The van der Waals surface area contributed by atoms with E-state index < -0.39 is 5.82 Å². The van der Waals surface area contributed by atoms with Crippen molar-refractivity contribution in [2.75, 3.05) is 27.7 Å². The third kappa shape index (κ3) is 4.33. The van der Waals surface area contributed by atoms with Gasteiger partial charge in [0, 0.05) is 16.6 Å². The summed E-state index contributed by atoms with van der Waals surface area (Å²) in [5.74, 6) is -0.0160. The van der Waals surface area contributed by atoms with Gasteiger partial charge in [0.2, 0.25) is 0 Å². The molecule has 0 bridgehead atoms. The molecule has 1 amide bonds. The minimum atomic E-state index is -0.447. The summed E-state index contributed by atoms with van der Waals surface area (Å²) in [5.41, 5.74) is 1.25. The van der Waals surface area contributed by atoms with Crippen molar-refractivity contribution in [2.24, 2.45) is 0 Å². The van der Waals surface area contributed by atoms with Gasteiger partial charge in [-0.3, -0.25) is 4.79 Å². The molecule has 0 aromatic heterocycles. The first kappa shape index (κ1) is 18.4. The first-order chi connectivity index (χ1) is 11.4. The highest BCUT2D eigenvalue weighted by molar-refractivity contribution is 9.10. The molecule has 0 aliphatic carbocycles. The molecule has 0 radical (unpaired) electrons. The molecule has 0 aliphatic heterocycles. The van der Waals surface area contributed by atoms with Crippen LogP contribution in [0, 0.1) is 5.82 Å². The summed E-state index contributed by atoms with van der Waals surface area (Å²) in [6.45, 7) is 0.370. The smallest absolute Gasteiger partial charge is 0.252 e. The van der Waals surface area contributed by atoms with E-state index in [1.807, 2.05) is 43.3 Å². The monoisotopic (exact) mass is 394 g/mol. The van der Waals surface area contributed by atoms with E-state index >= 15 is 0 Å².